The zero-order valence-electron chi connectivity index (χ0n) is 39.9. The van der Waals surface area contributed by atoms with Gasteiger partial charge in [0, 0.05) is 47.0 Å². The van der Waals surface area contributed by atoms with Crippen LogP contribution in [-0.2, 0) is 37.1 Å². The third kappa shape index (κ3) is 20.1. The van der Waals surface area contributed by atoms with Gasteiger partial charge in [-0.1, -0.05) is 15.7 Å². The molecule has 3 rings (SSSR count). The number of alkyl halides is 18. The highest BCUT2D eigenvalue weighted by molar-refractivity contribution is 14.1. The predicted molar refractivity (Wildman–Crippen MR) is 257 cm³/mol. The molecule has 0 bridgehead atoms. The molecular weight excluding hydrogens is 1350 g/mol. The average Bonchev–Trinajstić information content (AvgIpc) is 3.16. The van der Waals surface area contributed by atoms with Gasteiger partial charge in [-0.15, -0.1) is 15.3 Å². The highest BCUT2D eigenvalue weighted by Crippen LogP contribution is 2.48. The minimum Gasteiger partial charge on any atom is -0.273 e. The van der Waals surface area contributed by atoms with Crippen LogP contribution in [-0.4, -0.2) is 51.3 Å². The van der Waals surface area contributed by atoms with E-state index in [1.54, 1.807) is 83.1 Å². The Labute approximate surface area is 444 Å². The maximum atomic E-state index is 13.2. The molecule has 0 fully saturated rings. The SMILES string of the molecule is CC(C)N(N=Nc1c(C(F)(F)F)cc(I)cc1C(F)(F)F)C(C)C.CC(C)N(N=Nc1c(C(F)(F)F)cc(I)cc1C(F)(F)F)C(C)C.CC(C)N(N=Nc1c(C(F)(F)F)cc(I)cc1C(F)(F)F)C(C)C. The molecule has 0 heterocycles. The molecule has 0 saturated carbocycles. The summed E-state index contributed by atoms with van der Waals surface area (Å²) in [4.78, 5) is 0. The molecule has 0 amide bonds. The molecule has 0 spiro atoms. The molecule has 9 nitrogen and oxygen atoms in total. The lowest BCUT2D eigenvalue weighted by molar-refractivity contribution is -0.143. The van der Waals surface area contributed by atoms with Gasteiger partial charge in [0.15, 0.2) is 0 Å². The maximum absolute atomic E-state index is 13.2. The van der Waals surface area contributed by atoms with E-state index < -0.39 is 87.5 Å². The van der Waals surface area contributed by atoms with Gasteiger partial charge in [-0.2, -0.15) is 79.0 Å². The molecule has 0 aliphatic heterocycles. The minimum absolute atomic E-state index is 0.184. The monoisotopic (exact) mass is 1400 g/mol. The molecule has 0 atom stereocenters. The van der Waals surface area contributed by atoms with Gasteiger partial charge in [-0.05, 0) is 187 Å². The molecule has 0 unspecified atom stereocenters. The Balaban J connectivity index is 0.000000540. The summed E-state index contributed by atoms with van der Waals surface area (Å²) in [6, 6.07) is 2.34. The molecule has 3 aromatic carbocycles. The van der Waals surface area contributed by atoms with Crippen molar-refractivity contribution in [3.8, 4) is 0 Å². The number of hydrogen-bond acceptors (Lipinski definition) is 6. The van der Waals surface area contributed by atoms with E-state index in [0.717, 1.165) is 0 Å². The number of rotatable bonds is 12. The van der Waals surface area contributed by atoms with Crippen LogP contribution in [0.5, 0.6) is 0 Å². The van der Waals surface area contributed by atoms with E-state index in [-0.39, 0.29) is 47.0 Å². The van der Waals surface area contributed by atoms with Crippen molar-refractivity contribution in [3.05, 3.63) is 80.5 Å². The first-order valence-electron chi connectivity index (χ1n) is 20.8. The van der Waals surface area contributed by atoms with Gasteiger partial charge in [0.2, 0.25) is 0 Å². The fourth-order valence-electron chi connectivity index (χ4n) is 6.12. The van der Waals surface area contributed by atoms with Crippen molar-refractivity contribution >= 4 is 84.8 Å². The van der Waals surface area contributed by atoms with E-state index in [2.05, 4.69) is 31.0 Å². The first-order valence-corrected chi connectivity index (χ1v) is 24.0. The number of halogens is 21. The first-order chi connectivity index (χ1) is 32.2. The van der Waals surface area contributed by atoms with Gasteiger partial charge in [0.25, 0.3) is 0 Å². The summed E-state index contributed by atoms with van der Waals surface area (Å²) in [6.45, 7) is 20.5. The fourth-order valence-corrected chi connectivity index (χ4v) is 7.98. The van der Waals surface area contributed by atoms with Crippen molar-refractivity contribution in [2.24, 2.45) is 31.0 Å². The van der Waals surface area contributed by atoms with E-state index in [4.69, 9.17) is 0 Å². The van der Waals surface area contributed by atoms with Gasteiger partial charge in [0.05, 0.1) is 33.4 Å². The van der Waals surface area contributed by atoms with E-state index in [1.807, 2.05) is 0 Å². The lowest BCUT2D eigenvalue weighted by Gasteiger charge is -2.26. The van der Waals surface area contributed by atoms with Crippen molar-refractivity contribution in [3.63, 3.8) is 0 Å². The van der Waals surface area contributed by atoms with Gasteiger partial charge in [-0.25, -0.2) is 0 Å². The second-order valence-corrected chi connectivity index (χ2v) is 20.5. The van der Waals surface area contributed by atoms with Gasteiger partial charge < -0.3 is 0 Å². The Morgan fingerprint density at radius 1 is 0.292 bits per heavy atom. The standard InChI is InChI=1S/3C14H16F6IN3/c3*1-7(2)24(8(3)4)23-22-12-10(13(15,16)17)5-9(21)6-11(12)14(18,19)20/h3*5-8H,1-4H3. The van der Waals surface area contributed by atoms with Gasteiger partial charge in [0.1, 0.15) is 17.1 Å². The fraction of sp³-hybridized carbons (Fsp3) is 0.571. The molecule has 0 saturated heterocycles. The Bertz CT molecular complexity index is 1950. The summed E-state index contributed by atoms with van der Waals surface area (Å²) in [5, 5.41) is 24.9. The third-order valence-electron chi connectivity index (χ3n) is 8.97. The van der Waals surface area contributed by atoms with Crippen LogP contribution in [0.3, 0.4) is 0 Å². The molecule has 3 aromatic rings. The van der Waals surface area contributed by atoms with Crippen LogP contribution in [0.4, 0.5) is 96.1 Å². The average molecular weight is 1400 g/mol. The topological polar surface area (TPSA) is 83.9 Å². The van der Waals surface area contributed by atoms with Crippen LogP contribution in [0.1, 0.15) is 116 Å². The summed E-state index contributed by atoms with van der Waals surface area (Å²) in [6.07, 6.45) is -29.9. The van der Waals surface area contributed by atoms with Crippen LogP contribution in [0, 0.1) is 10.7 Å². The lowest BCUT2D eigenvalue weighted by atomic mass is 10.1. The molecular formula is C42H48F18I3N9. The van der Waals surface area contributed by atoms with Gasteiger partial charge >= 0.3 is 37.1 Å². The van der Waals surface area contributed by atoms with E-state index in [1.165, 1.54) is 82.8 Å². The van der Waals surface area contributed by atoms with Crippen molar-refractivity contribution < 1.29 is 79.0 Å². The summed E-state index contributed by atoms with van der Waals surface area (Å²) in [7, 11) is 0. The van der Waals surface area contributed by atoms with Crippen molar-refractivity contribution in [2.75, 3.05) is 0 Å². The Kier molecular flexibility index (Phi) is 24.1. The largest absolute Gasteiger partial charge is 0.418 e. The molecule has 0 radical (unpaired) electrons. The summed E-state index contributed by atoms with van der Waals surface area (Å²) in [5.74, 6) is 0. The van der Waals surface area contributed by atoms with E-state index in [9.17, 15) is 79.0 Å². The number of benzene rings is 3. The van der Waals surface area contributed by atoms with Crippen molar-refractivity contribution in [1.29, 1.82) is 0 Å². The van der Waals surface area contributed by atoms with E-state index >= 15 is 0 Å². The summed E-state index contributed by atoms with van der Waals surface area (Å²) < 4.78 is 236. The van der Waals surface area contributed by atoms with Crippen molar-refractivity contribution in [1.82, 2.24) is 15.0 Å². The molecule has 0 aliphatic carbocycles. The lowest BCUT2D eigenvalue weighted by Crippen LogP contribution is -2.31. The molecule has 0 aromatic heterocycles. The highest BCUT2D eigenvalue weighted by Gasteiger charge is 2.45. The van der Waals surface area contributed by atoms with E-state index in [0.29, 0.717) is 36.4 Å². The maximum Gasteiger partial charge on any atom is 0.418 e. The molecule has 30 heteroatoms. The third-order valence-corrected chi connectivity index (χ3v) is 10.8. The summed E-state index contributed by atoms with van der Waals surface area (Å²) in [5.41, 5.74) is -12.4. The minimum atomic E-state index is -4.98. The Hall–Kier alpha value is -3.21. The molecule has 0 N–H and O–H groups in total. The first kappa shape index (κ1) is 66.8. The smallest absolute Gasteiger partial charge is 0.273 e. The molecule has 72 heavy (non-hydrogen) atoms. The van der Waals surface area contributed by atoms with Crippen LogP contribution < -0.4 is 0 Å². The highest BCUT2D eigenvalue weighted by atomic mass is 127. The van der Waals surface area contributed by atoms with Gasteiger partial charge in [-0.3, -0.25) is 15.0 Å². The zero-order chi connectivity index (χ0) is 56.6. The zero-order valence-corrected chi connectivity index (χ0v) is 46.4. The number of nitrogens with zero attached hydrogens (tertiary/aromatic N) is 9. The van der Waals surface area contributed by atoms with Crippen LogP contribution >= 0.6 is 67.8 Å². The van der Waals surface area contributed by atoms with Crippen LogP contribution in [0.2, 0.25) is 0 Å². The normalized spacial score (nSPS) is 13.4. The van der Waals surface area contributed by atoms with Crippen molar-refractivity contribution in [2.45, 2.75) is 156 Å². The Morgan fingerprint density at radius 3 is 0.514 bits per heavy atom. The predicted octanol–water partition coefficient (Wildman–Crippen LogP) is 19.3. The second-order valence-electron chi connectivity index (χ2n) is 16.8. The molecule has 0 aliphatic rings. The Morgan fingerprint density at radius 2 is 0.417 bits per heavy atom. The number of hydrogen-bond donors (Lipinski definition) is 0. The van der Waals surface area contributed by atoms with Crippen LogP contribution in [0.15, 0.2) is 67.4 Å². The van der Waals surface area contributed by atoms with Crippen LogP contribution in [0.25, 0.3) is 0 Å². The second kappa shape index (κ2) is 26.0. The molecule has 408 valence electrons. The summed E-state index contributed by atoms with van der Waals surface area (Å²) >= 11 is 4.22. The quantitative estimate of drug-likeness (QED) is 0.0784.